The Bertz CT molecular complexity index is 540. The molecule has 0 N–H and O–H groups in total. The molecule has 2 amide bonds. The minimum absolute atomic E-state index is 0.0411. The van der Waals surface area contributed by atoms with Gasteiger partial charge in [-0.05, 0) is 39.5 Å². The summed E-state index contributed by atoms with van der Waals surface area (Å²) in [4.78, 5) is 40.7. The van der Waals surface area contributed by atoms with Crippen molar-refractivity contribution in [3.05, 3.63) is 0 Å². The first-order valence-electron chi connectivity index (χ1n) is 8.93. The Balaban J connectivity index is 2.16. The number of fused-ring (bicyclic) bond motifs is 1. The molecule has 3 atom stereocenters. The summed E-state index contributed by atoms with van der Waals surface area (Å²) in [7, 11) is 1.34. The van der Waals surface area contributed by atoms with E-state index in [4.69, 9.17) is 9.47 Å². The lowest BCUT2D eigenvalue weighted by Gasteiger charge is -2.30. The molecule has 0 bridgehead atoms. The number of carbonyl (C=O) groups is 3. The van der Waals surface area contributed by atoms with Gasteiger partial charge in [0.2, 0.25) is 5.91 Å². The van der Waals surface area contributed by atoms with Crippen LogP contribution >= 0.6 is 0 Å². The predicted octanol–water partition coefficient (Wildman–Crippen LogP) is 2.04. The highest BCUT2D eigenvalue weighted by atomic mass is 16.6. The summed E-state index contributed by atoms with van der Waals surface area (Å²) in [6, 6.07) is -1.13. The molecule has 0 aromatic heterocycles. The third-order valence-electron chi connectivity index (χ3n) is 4.66. The van der Waals surface area contributed by atoms with Crippen molar-refractivity contribution in [1.29, 1.82) is 0 Å². The summed E-state index contributed by atoms with van der Waals surface area (Å²) in [5.74, 6) is -0.283. The van der Waals surface area contributed by atoms with E-state index in [0.717, 1.165) is 6.42 Å². The van der Waals surface area contributed by atoms with Crippen LogP contribution in [0.25, 0.3) is 0 Å². The molecule has 0 unspecified atom stereocenters. The van der Waals surface area contributed by atoms with E-state index in [-0.39, 0.29) is 17.7 Å². The van der Waals surface area contributed by atoms with E-state index in [2.05, 4.69) is 0 Å². The van der Waals surface area contributed by atoms with Crippen LogP contribution < -0.4 is 0 Å². The highest BCUT2D eigenvalue weighted by molar-refractivity contribution is 5.92. The van der Waals surface area contributed by atoms with Crippen LogP contribution in [-0.2, 0) is 19.1 Å². The number of carbonyl (C=O) groups excluding carboxylic acids is 3. The van der Waals surface area contributed by atoms with E-state index in [9.17, 15) is 14.4 Å². The molecule has 2 saturated heterocycles. The van der Waals surface area contributed by atoms with Crippen LogP contribution in [0.15, 0.2) is 0 Å². The smallest absolute Gasteiger partial charge is 0.410 e. The number of ether oxygens (including phenoxy) is 2. The third kappa shape index (κ3) is 4.25. The summed E-state index contributed by atoms with van der Waals surface area (Å²) in [6.45, 7) is 10.4. The van der Waals surface area contributed by atoms with Gasteiger partial charge in [-0.15, -0.1) is 0 Å². The molecule has 0 spiro atoms. The van der Waals surface area contributed by atoms with Gasteiger partial charge in [-0.2, -0.15) is 0 Å². The average Bonchev–Trinajstić information content (AvgIpc) is 3.03. The van der Waals surface area contributed by atoms with Gasteiger partial charge in [-0.3, -0.25) is 9.69 Å². The molecule has 2 heterocycles. The summed E-state index contributed by atoms with van der Waals surface area (Å²) in [5.41, 5.74) is -0.608. The Morgan fingerprint density at radius 3 is 2.44 bits per heavy atom. The quantitative estimate of drug-likeness (QED) is 0.722. The lowest BCUT2D eigenvalue weighted by molar-refractivity contribution is -0.152. The zero-order valence-electron chi connectivity index (χ0n) is 16.1. The molecule has 2 fully saturated rings. The number of esters is 1. The zero-order chi connectivity index (χ0) is 18.9. The second-order valence-electron chi connectivity index (χ2n) is 8.33. The van der Waals surface area contributed by atoms with Crippen LogP contribution in [0.5, 0.6) is 0 Å². The van der Waals surface area contributed by atoms with E-state index in [0.29, 0.717) is 19.5 Å². The van der Waals surface area contributed by atoms with Gasteiger partial charge in [0.25, 0.3) is 0 Å². The number of hydrogen-bond donors (Lipinski definition) is 0. The second-order valence-corrected chi connectivity index (χ2v) is 8.33. The summed E-state index contributed by atoms with van der Waals surface area (Å²) in [5, 5.41) is 0. The summed E-state index contributed by atoms with van der Waals surface area (Å²) >= 11 is 0. The third-order valence-corrected chi connectivity index (χ3v) is 4.66. The number of amides is 2. The van der Waals surface area contributed by atoms with Gasteiger partial charge in [-0.1, -0.05) is 13.8 Å². The molecule has 2 aliphatic heterocycles. The number of hydrogen-bond acceptors (Lipinski definition) is 5. The SMILES string of the molecule is COC(=O)[C@H](CC(C)C)N1C[C@@H]2CCN(C(=O)OC(C)(C)C)[C@@H]2C1=O. The average molecular weight is 354 g/mol. The van der Waals surface area contributed by atoms with Gasteiger partial charge in [-0.25, -0.2) is 9.59 Å². The van der Waals surface area contributed by atoms with E-state index >= 15 is 0 Å². The lowest BCUT2D eigenvalue weighted by Crippen LogP contribution is -2.49. The number of methoxy groups -OCH3 is 1. The molecule has 7 heteroatoms. The molecule has 0 aromatic carbocycles. The predicted molar refractivity (Wildman–Crippen MR) is 91.8 cm³/mol. The van der Waals surface area contributed by atoms with Crippen molar-refractivity contribution in [2.45, 2.75) is 65.1 Å². The number of likely N-dealkylation sites (tertiary alicyclic amines) is 2. The molecule has 0 aliphatic carbocycles. The topological polar surface area (TPSA) is 76.2 Å². The molecule has 7 nitrogen and oxygen atoms in total. The summed E-state index contributed by atoms with van der Waals surface area (Å²) in [6.07, 6.45) is 0.820. The maximum atomic E-state index is 13.0. The van der Waals surface area contributed by atoms with Gasteiger partial charge < -0.3 is 14.4 Å². The Kier molecular flexibility index (Phi) is 5.64. The van der Waals surface area contributed by atoms with Crippen LogP contribution in [0.3, 0.4) is 0 Å². The molecule has 2 aliphatic rings. The fourth-order valence-electron chi connectivity index (χ4n) is 3.63. The molecule has 142 valence electrons. The number of nitrogens with zero attached hydrogens (tertiary/aromatic N) is 2. The fraction of sp³-hybridized carbons (Fsp3) is 0.833. The normalized spacial score (nSPS) is 24.5. The monoisotopic (exact) mass is 354 g/mol. The Labute approximate surface area is 149 Å². The molecule has 2 rings (SSSR count). The largest absolute Gasteiger partial charge is 0.467 e. The van der Waals surface area contributed by atoms with Crippen molar-refractivity contribution in [2.24, 2.45) is 11.8 Å². The van der Waals surface area contributed by atoms with Crippen molar-refractivity contribution in [2.75, 3.05) is 20.2 Å². The van der Waals surface area contributed by atoms with Gasteiger partial charge in [0.15, 0.2) is 0 Å². The van der Waals surface area contributed by atoms with Crippen molar-refractivity contribution in [3.63, 3.8) is 0 Å². The van der Waals surface area contributed by atoms with Crippen molar-refractivity contribution in [3.8, 4) is 0 Å². The molecule has 0 radical (unpaired) electrons. The Morgan fingerprint density at radius 1 is 1.28 bits per heavy atom. The minimum Gasteiger partial charge on any atom is -0.467 e. The highest BCUT2D eigenvalue weighted by Gasteiger charge is 2.53. The van der Waals surface area contributed by atoms with Gasteiger partial charge in [0.1, 0.15) is 17.7 Å². The first-order valence-corrected chi connectivity index (χ1v) is 8.93. The first-order chi connectivity index (χ1) is 11.5. The molecular formula is C18H30N2O5. The van der Waals surface area contributed by atoms with Crippen molar-refractivity contribution in [1.82, 2.24) is 9.80 Å². The molecule has 0 aromatic rings. The van der Waals surface area contributed by atoms with E-state index in [1.54, 1.807) is 25.7 Å². The van der Waals surface area contributed by atoms with Crippen LogP contribution in [-0.4, -0.2) is 65.7 Å². The van der Waals surface area contributed by atoms with Crippen molar-refractivity contribution >= 4 is 18.0 Å². The van der Waals surface area contributed by atoms with Crippen LogP contribution in [0.4, 0.5) is 4.79 Å². The second kappa shape index (κ2) is 7.22. The lowest BCUT2D eigenvalue weighted by atomic mass is 10.0. The maximum absolute atomic E-state index is 13.0. The first kappa shape index (κ1) is 19.5. The standard InChI is InChI=1S/C18H30N2O5/c1-11(2)9-13(16(22)24-6)20-10-12-7-8-19(14(12)15(20)21)17(23)25-18(3,4)5/h11-14H,7-10H2,1-6H3/t12-,13-,14-/m0/s1. The van der Waals surface area contributed by atoms with E-state index in [1.165, 1.54) is 12.0 Å². The Hall–Kier alpha value is -1.79. The van der Waals surface area contributed by atoms with Crippen LogP contribution in [0.2, 0.25) is 0 Å². The van der Waals surface area contributed by atoms with Gasteiger partial charge in [0, 0.05) is 19.0 Å². The minimum atomic E-state index is -0.608. The Morgan fingerprint density at radius 2 is 1.92 bits per heavy atom. The van der Waals surface area contributed by atoms with Crippen LogP contribution in [0.1, 0.15) is 47.5 Å². The van der Waals surface area contributed by atoms with Gasteiger partial charge >= 0.3 is 12.1 Å². The highest BCUT2D eigenvalue weighted by Crippen LogP contribution is 2.35. The van der Waals surface area contributed by atoms with Gasteiger partial charge in [0.05, 0.1) is 7.11 Å². The van der Waals surface area contributed by atoms with Crippen molar-refractivity contribution < 1.29 is 23.9 Å². The fourth-order valence-corrected chi connectivity index (χ4v) is 3.63. The maximum Gasteiger partial charge on any atom is 0.410 e. The van der Waals surface area contributed by atoms with E-state index < -0.39 is 29.7 Å². The molecular weight excluding hydrogens is 324 g/mol. The zero-order valence-corrected chi connectivity index (χ0v) is 16.1. The number of rotatable bonds is 4. The molecule has 0 saturated carbocycles. The molecule has 25 heavy (non-hydrogen) atoms. The van der Waals surface area contributed by atoms with E-state index in [1.807, 2.05) is 13.8 Å². The van der Waals surface area contributed by atoms with Crippen LogP contribution in [0, 0.1) is 11.8 Å². The summed E-state index contributed by atoms with van der Waals surface area (Å²) < 4.78 is 10.3.